The molecule has 2 aliphatic heterocycles. The number of aromatic nitrogens is 3. The molecule has 2 aromatic rings. The van der Waals surface area contributed by atoms with Gasteiger partial charge in [0.05, 0.1) is 12.2 Å². The molecule has 0 aromatic carbocycles. The Morgan fingerprint density at radius 3 is 2.46 bits per heavy atom. The second-order valence-corrected chi connectivity index (χ2v) is 6.53. The molecule has 2 fully saturated rings. The molecule has 8 heteroatoms. The van der Waals surface area contributed by atoms with Gasteiger partial charge in [0.2, 0.25) is 0 Å². The Kier molecular flexibility index (Phi) is 4.34. The lowest BCUT2D eigenvalue weighted by molar-refractivity contribution is -0.134. The van der Waals surface area contributed by atoms with Crippen LogP contribution in [0.4, 0.5) is 4.79 Å². The van der Waals surface area contributed by atoms with Crippen LogP contribution in [-0.2, 0) is 16.9 Å². The topological polar surface area (TPSA) is 100 Å². The van der Waals surface area contributed by atoms with Gasteiger partial charge >= 0.3 is 6.03 Å². The number of carbonyl (C=O) groups is 2. The Labute approximate surface area is 151 Å². The van der Waals surface area contributed by atoms with E-state index in [0.29, 0.717) is 11.5 Å². The number of nitrogens with zero attached hydrogens (tertiary/aromatic N) is 4. The highest BCUT2D eigenvalue weighted by Gasteiger charge is 2.57. The van der Waals surface area contributed by atoms with Gasteiger partial charge in [0.1, 0.15) is 5.82 Å². The predicted octanol–water partition coefficient (Wildman–Crippen LogP) is 0.818. The van der Waals surface area contributed by atoms with E-state index in [1.165, 1.54) is 4.90 Å². The largest absolute Gasteiger partial charge is 0.325 e. The first-order valence-electron chi connectivity index (χ1n) is 8.74. The molecule has 0 saturated carbocycles. The fourth-order valence-corrected chi connectivity index (χ4v) is 3.80. The molecule has 3 amide bonds. The molecule has 2 aromatic heterocycles. The number of hydrogen-bond donors (Lipinski definition) is 2. The average molecular weight is 352 g/mol. The van der Waals surface area contributed by atoms with E-state index in [4.69, 9.17) is 0 Å². The molecule has 26 heavy (non-hydrogen) atoms. The minimum absolute atomic E-state index is 0.0169. The maximum absolute atomic E-state index is 13.5. The Hall–Kier alpha value is -2.87. The highest BCUT2D eigenvalue weighted by Crippen LogP contribution is 2.39. The predicted molar refractivity (Wildman–Crippen MR) is 92.6 cm³/mol. The van der Waals surface area contributed by atoms with Gasteiger partial charge in [-0.15, -0.1) is 0 Å². The van der Waals surface area contributed by atoms with Crippen LogP contribution >= 0.6 is 0 Å². The van der Waals surface area contributed by atoms with Gasteiger partial charge in [-0.1, -0.05) is 6.07 Å². The van der Waals surface area contributed by atoms with Gasteiger partial charge < -0.3 is 10.6 Å². The molecular formula is C18H20N6O2. The average Bonchev–Trinajstić information content (AvgIpc) is 2.96. The Morgan fingerprint density at radius 2 is 1.77 bits per heavy atom. The third-order valence-electron chi connectivity index (χ3n) is 5.07. The first kappa shape index (κ1) is 16.6. The number of nitrogens with one attached hydrogen (secondary N) is 2. The van der Waals surface area contributed by atoms with Gasteiger partial charge in [-0.3, -0.25) is 14.7 Å². The number of pyridine rings is 1. The summed E-state index contributed by atoms with van der Waals surface area (Å²) in [6.07, 6.45) is 6.43. The van der Waals surface area contributed by atoms with Crippen LogP contribution in [0.25, 0.3) is 0 Å². The maximum atomic E-state index is 13.5. The molecule has 4 rings (SSSR count). The number of amides is 3. The van der Waals surface area contributed by atoms with E-state index in [1.807, 2.05) is 12.1 Å². The van der Waals surface area contributed by atoms with Gasteiger partial charge in [-0.25, -0.2) is 14.8 Å². The highest BCUT2D eigenvalue weighted by atomic mass is 16.2. The van der Waals surface area contributed by atoms with E-state index in [-0.39, 0.29) is 18.4 Å². The molecule has 1 atom stereocenters. The minimum Gasteiger partial charge on any atom is -0.318 e. The van der Waals surface area contributed by atoms with Crippen molar-refractivity contribution < 1.29 is 9.59 Å². The van der Waals surface area contributed by atoms with Crippen LogP contribution < -0.4 is 10.6 Å². The quantitative estimate of drug-likeness (QED) is 0.790. The van der Waals surface area contributed by atoms with E-state index in [2.05, 4.69) is 25.6 Å². The van der Waals surface area contributed by atoms with E-state index in [0.717, 1.165) is 25.9 Å². The Bertz CT molecular complexity index is 794. The number of carbonyl (C=O) groups excluding carboxylic acids is 2. The molecule has 0 bridgehead atoms. The van der Waals surface area contributed by atoms with Crippen LogP contribution in [0.3, 0.4) is 0 Å². The van der Waals surface area contributed by atoms with Crippen LogP contribution in [0.1, 0.15) is 24.4 Å². The fraction of sp³-hybridized carbons (Fsp3) is 0.389. The molecule has 2 N–H and O–H groups in total. The molecule has 2 saturated heterocycles. The highest BCUT2D eigenvalue weighted by molar-refractivity contribution is 6.07. The minimum atomic E-state index is -1.13. The second kappa shape index (κ2) is 6.80. The zero-order chi connectivity index (χ0) is 18.0. The van der Waals surface area contributed by atoms with Crippen molar-refractivity contribution in [1.29, 1.82) is 0 Å². The van der Waals surface area contributed by atoms with Gasteiger partial charge in [-0.2, -0.15) is 0 Å². The standard InChI is InChI=1S/C18H20N6O2/c25-16-18(13-5-10-19-11-6-13,14-4-1-2-7-20-14)23-17(26)24(16)12-15-21-8-3-9-22-15/h1-4,7-9,13,19H,5-6,10-12H2,(H,23,26)/t18-/m1/s1. The van der Waals surface area contributed by atoms with Crippen molar-refractivity contribution in [3.63, 3.8) is 0 Å². The van der Waals surface area contributed by atoms with Gasteiger partial charge in [0.15, 0.2) is 5.54 Å². The normalized spacial score (nSPS) is 23.9. The summed E-state index contributed by atoms with van der Waals surface area (Å²) < 4.78 is 0. The van der Waals surface area contributed by atoms with Crippen molar-refractivity contribution in [1.82, 2.24) is 30.5 Å². The molecule has 0 radical (unpaired) electrons. The summed E-state index contributed by atoms with van der Waals surface area (Å²) in [4.78, 5) is 40.1. The molecule has 4 heterocycles. The van der Waals surface area contributed by atoms with Crippen LogP contribution in [0.15, 0.2) is 42.9 Å². The molecule has 0 spiro atoms. The van der Waals surface area contributed by atoms with Crippen LogP contribution in [0.2, 0.25) is 0 Å². The zero-order valence-corrected chi connectivity index (χ0v) is 14.3. The lowest BCUT2D eigenvalue weighted by Gasteiger charge is -2.37. The van der Waals surface area contributed by atoms with Crippen molar-refractivity contribution >= 4 is 11.9 Å². The Balaban J connectivity index is 1.72. The van der Waals surface area contributed by atoms with Gasteiger partial charge in [0.25, 0.3) is 5.91 Å². The van der Waals surface area contributed by atoms with Crippen molar-refractivity contribution in [3.05, 3.63) is 54.4 Å². The first-order valence-corrected chi connectivity index (χ1v) is 8.74. The third-order valence-corrected chi connectivity index (χ3v) is 5.07. The summed E-state index contributed by atoms with van der Waals surface area (Å²) >= 11 is 0. The lowest BCUT2D eigenvalue weighted by Crippen LogP contribution is -2.53. The van der Waals surface area contributed by atoms with Gasteiger partial charge in [0, 0.05) is 18.6 Å². The lowest BCUT2D eigenvalue weighted by atomic mass is 9.75. The summed E-state index contributed by atoms with van der Waals surface area (Å²) in [5.74, 6) is 0.135. The summed E-state index contributed by atoms with van der Waals surface area (Å²) in [7, 11) is 0. The van der Waals surface area contributed by atoms with Crippen LogP contribution in [0.5, 0.6) is 0 Å². The molecule has 134 valence electrons. The number of rotatable bonds is 4. The summed E-state index contributed by atoms with van der Waals surface area (Å²) in [5.41, 5.74) is -0.545. The van der Waals surface area contributed by atoms with Crippen LogP contribution in [-0.4, -0.2) is 44.9 Å². The van der Waals surface area contributed by atoms with Crippen molar-refractivity contribution in [2.24, 2.45) is 5.92 Å². The molecule has 2 aliphatic rings. The van der Waals surface area contributed by atoms with Gasteiger partial charge in [-0.05, 0) is 50.0 Å². The van der Waals surface area contributed by atoms with Crippen molar-refractivity contribution in [3.8, 4) is 0 Å². The smallest absolute Gasteiger partial charge is 0.318 e. The Morgan fingerprint density at radius 1 is 1.04 bits per heavy atom. The molecular weight excluding hydrogens is 332 g/mol. The van der Waals surface area contributed by atoms with E-state index in [1.54, 1.807) is 30.7 Å². The van der Waals surface area contributed by atoms with E-state index >= 15 is 0 Å². The SMILES string of the molecule is O=C1N[C@@](c2ccccn2)(C2CCNCC2)C(=O)N1Cc1ncccn1. The van der Waals surface area contributed by atoms with Crippen molar-refractivity contribution in [2.45, 2.75) is 24.9 Å². The number of urea groups is 1. The second-order valence-electron chi connectivity index (χ2n) is 6.53. The number of piperidine rings is 1. The van der Waals surface area contributed by atoms with E-state index < -0.39 is 11.6 Å². The summed E-state index contributed by atoms with van der Waals surface area (Å²) in [6, 6.07) is 6.72. The summed E-state index contributed by atoms with van der Waals surface area (Å²) in [6.45, 7) is 1.67. The first-order chi connectivity index (χ1) is 12.7. The maximum Gasteiger partial charge on any atom is 0.325 e. The molecule has 0 unspecified atom stereocenters. The summed E-state index contributed by atoms with van der Waals surface area (Å²) in [5, 5.41) is 6.27. The molecule has 0 aliphatic carbocycles. The fourth-order valence-electron chi connectivity index (χ4n) is 3.80. The van der Waals surface area contributed by atoms with Crippen LogP contribution in [0, 0.1) is 5.92 Å². The monoisotopic (exact) mass is 352 g/mol. The van der Waals surface area contributed by atoms with E-state index in [9.17, 15) is 9.59 Å². The van der Waals surface area contributed by atoms with Crippen molar-refractivity contribution in [2.75, 3.05) is 13.1 Å². The number of imide groups is 1. The zero-order valence-electron chi connectivity index (χ0n) is 14.3. The molecule has 8 nitrogen and oxygen atoms in total. The third kappa shape index (κ3) is 2.72. The number of hydrogen-bond acceptors (Lipinski definition) is 6.